The van der Waals surface area contributed by atoms with Gasteiger partial charge in [0.15, 0.2) is 11.9 Å². The van der Waals surface area contributed by atoms with Gasteiger partial charge >= 0.3 is 5.97 Å². The van der Waals surface area contributed by atoms with Crippen LogP contribution in [0.1, 0.15) is 38.0 Å². The van der Waals surface area contributed by atoms with Crippen LogP contribution in [0.3, 0.4) is 0 Å². The Morgan fingerprint density at radius 3 is 2.43 bits per heavy atom. The maximum atomic E-state index is 12.6. The molecule has 218 valence electrons. The van der Waals surface area contributed by atoms with E-state index >= 15 is 0 Å². The minimum absolute atomic E-state index is 0.610. The number of halogens is 1. The summed E-state index contributed by atoms with van der Waals surface area (Å²) in [6.07, 6.45) is -1.15. The van der Waals surface area contributed by atoms with Crippen LogP contribution in [-0.2, 0) is 9.53 Å². The van der Waals surface area contributed by atoms with E-state index in [-0.39, 0.29) is 0 Å². The van der Waals surface area contributed by atoms with E-state index in [1.807, 2.05) is 58.0 Å². The Labute approximate surface area is 253 Å². The lowest BCUT2D eigenvalue weighted by Crippen LogP contribution is -2.44. The third-order valence-corrected chi connectivity index (χ3v) is 9.00. The molecule has 2 aromatic heterocycles. The molecule has 6 rings (SSSR count). The monoisotopic (exact) mass is 603 g/mol. The van der Waals surface area contributed by atoms with Gasteiger partial charge in [-0.3, -0.25) is 5.10 Å². The van der Waals surface area contributed by atoms with Crippen molar-refractivity contribution in [3.8, 4) is 21.7 Å². The van der Waals surface area contributed by atoms with Crippen LogP contribution in [0.4, 0.5) is 5.82 Å². The summed E-state index contributed by atoms with van der Waals surface area (Å²) in [7, 11) is 2.15. The van der Waals surface area contributed by atoms with E-state index in [9.17, 15) is 9.90 Å². The molecule has 10 heteroatoms. The summed E-state index contributed by atoms with van der Waals surface area (Å²) < 4.78 is 7.04. The van der Waals surface area contributed by atoms with Crippen molar-refractivity contribution in [3.63, 3.8) is 0 Å². The number of fused-ring (bicyclic) bond motifs is 2. The Morgan fingerprint density at radius 2 is 1.76 bits per heavy atom. The highest BCUT2D eigenvalue weighted by Gasteiger charge is 2.32. The zero-order chi connectivity index (χ0) is 29.8. The number of aryl methyl sites for hydroxylation is 1. The summed E-state index contributed by atoms with van der Waals surface area (Å²) >= 11 is 7.78. The fourth-order valence-electron chi connectivity index (χ4n) is 5.56. The third kappa shape index (κ3) is 5.49. The quantitative estimate of drug-likeness (QED) is 0.213. The Morgan fingerprint density at radius 1 is 1.07 bits per heavy atom. The number of aromatic nitrogens is 3. The molecule has 0 radical (unpaired) electrons. The normalized spacial score (nSPS) is 15.5. The van der Waals surface area contributed by atoms with E-state index < -0.39 is 17.7 Å². The second-order valence-corrected chi connectivity index (χ2v) is 13.3. The first-order chi connectivity index (χ1) is 20.0. The fourth-order valence-corrected chi connectivity index (χ4v) is 6.81. The molecule has 2 N–H and O–H groups in total. The Balaban J connectivity index is 1.48. The zero-order valence-electron chi connectivity index (χ0n) is 24.4. The van der Waals surface area contributed by atoms with Gasteiger partial charge in [-0.25, -0.2) is 9.78 Å². The van der Waals surface area contributed by atoms with E-state index in [0.29, 0.717) is 10.6 Å². The predicted molar refractivity (Wildman–Crippen MR) is 171 cm³/mol. The van der Waals surface area contributed by atoms with Crippen LogP contribution in [0.5, 0.6) is 0 Å². The van der Waals surface area contributed by atoms with Gasteiger partial charge in [0.1, 0.15) is 5.01 Å². The number of likely N-dealkylation sites (N-methyl/N-ethyl adjacent to an activating group) is 1. The summed E-state index contributed by atoms with van der Waals surface area (Å²) in [5, 5.41) is 20.8. The first-order valence-corrected chi connectivity index (χ1v) is 15.2. The van der Waals surface area contributed by atoms with Gasteiger partial charge in [-0.05, 0) is 76.2 Å². The number of hydrogen-bond donors (Lipinski definition) is 2. The van der Waals surface area contributed by atoms with Gasteiger partial charge in [0.25, 0.3) is 0 Å². The van der Waals surface area contributed by atoms with Gasteiger partial charge in [0, 0.05) is 53.3 Å². The van der Waals surface area contributed by atoms with E-state index in [1.54, 1.807) is 11.3 Å². The number of carboxylic acid groups (broad SMARTS) is 1. The number of carboxylic acids is 1. The van der Waals surface area contributed by atoms with Crippen molar-refractivity contribution < 1.29 is 14.6 Å². The number of rotatable bonds is 6. The van der Waals surface area contributed by atoms with Crippen molar-refractivity contribution in [2.24, 2.45) is 0 Å². The van der Waals surface area contributed by atoms with Crippen LogP contribution >= 0.6 is 22.9 Å². The van der Waals surface area contributed by atoms with Crippen molar-refractivity contribution in [3.05, 3.63) is 64.7 Å². The van der Waals surface area contributed by atoms with Gasteiger partial charge < -0.3 is 19.6 Å². The van der Waals surface area contributed by atoms with Gasteiger partial charge in [0.05, 0.1) is 21.3 Å². The van der Waals surface area contributed by atoms with Gasteiger partial charge in [-0.1, -0.05) is 29.8 Å². The maximum Gasteiger partial charge on any atom is 0.337 e. The Hall–Kier alpha value is -3.50. The molecule has 0 bridgehead atoms. The van der Waals surface area contributed by atoms with E-state index in [4.69, 9.17) is 21.3 Å². The summed E-state index contributed by atoms with van der Waals surface area (Å²) in [6.45, 7) is 11.4. The number of benzene rings is 3. The maximum absolute atomic E-state index is 12.6. The standard InChI is InChI=1S/C32H34ClN5O3S/c1-18-16-24-28(26(19-6-9-21(33)10-7-19)25(18)27(31(39)40)41-32(2,3)4)42-30(34-24)20-8-11-22-23(17-20)35-36-29(22)38-14-12-37(5)13-15-38/h6-11,16-17,27H,12-15H2,1-5H3,(H,35,36)(H,39,40)/t27-/m0/s1. The second-order valence-electron chi connectivity index (χ2n) is 11.9. The molecule has 0 saturated carbocycles. The first-order valence-electron chi connectivity index (χ1n) is 14.0. The first kappa shape index (κ1) is 28.6. The molecule has 1 saturated heterocycles. The van der Waals surface area contributed by atoms with Crippen LogP contribution in [0.15, 0.2) is 48.5 Å². The molecular weight excluding hydrogens is 570 g/mol. The topological polar surface area (TPSA) is 94.6 Å². The van der Waals surface area contributed by atoms with Crippen LogP contribution in [0.25, 0.3) is 42.8 Å². The highest BCUT2D eigenvalue weighted by atomic mass is 35.5. The van der Waals surface area contributed by atoms with Crippen LogP contribution in [0, 0.1) is 6.92 Å². The number of nitrogens with zero attached hydrogens (tertiary/aromatic N) is 4. The van der Waals surface area contributed by atoms with Gasteiger partial charge in [-0.2, -0.15) is 5.10 Å². The lowest BCUT2D eigenvalue weighted by atomic mass is 9.91. The average molecular weight is 604 g/mol. The molecule has 3 heterocycles. The number of H-pyrrole nitrogens is 1. The van der Waals surface area contributed by atoms with Gasteiger partial charge in [-0.15, -0.1) is 11.3 Å². The van der Waals surface area contributed by atoms with E-state index in [2.05, 4.69) is 45.2 Å². The number of aromatic amines is 1. The third-order valence-electron chi connectivity index (χ3n) is 7.61. The molecule has 8 nitrogen and oxygen atoms in total. The summed E-state index contributed by atoms with van der Waals surface area (Å²) in [5.74, 6) is -0.0500. The number of hydrogen-bond acceptors (Lipinski definition) is 7. The van der Waals surface area contributed by atoms with Crippen LogP contribution < -0.4 is 4.90 Å². The molecule has 0 unspecified atom stereocenters. The lowest BCUT2D eigenvalue weighted by molar-refractivity contribution is -0.160. The Kier molecular flexibility index (Phi) is 7.47. The van der Waals surface area contributed by atoms with Crippen molar-refractivity contribution in [2.75, 3.05) is 38.1 Å². The molecule has 1 aliphatic heterocycles. The predicted octanol–water partition coefficient (Wildman–Crippen LogP) is 7.16. The molecule has 0 amide bonds. The number of aliphatic carboxylic acids is 1. The largest absolute Gasteiger partial charge is 0.479 e. The molecular formula is C32H34ClN5O3S. The minimum atomic E-state index is -1.15. The van der Waals surface area contributed by atoms with Crippen molar-refractivity contribution >= 4 is 55.8 Å². The number of anilines is 1. The molecule has 5 aromatic rings. The van der Waals surface area contributed by atoms with E-state index in [1.165, 1.54) is 0 Å². The summed E-state index contributed by atoms with van der Waals surface area (Å²) in [5.41, 5.74) is 5.18. The van der Waals surface area contributed by atoms with Gasteiger partial charge in [0.2, 0.25) is 0 Å². The number of thiazole rings is 1. The number of ether oxygens (including phenoxy) is 1. The highest BCUT2D eigenvalue weighted by molar-refractivity contribution is 7.22. The number of piperazine rings is 1. The average Bonchev–Trinajstić information content (AvgIpc) is 3.55. The molecule has 1 atom stereocenters. The highest BCUT2D eigenvalue weighted by Crippen LogP contribution is 2.44. The minimum Gasteiger partial charge on any atom is -0.479 e. The zero-order valence-corrected chi connectivity index (χ0v) is 25.9. The SMILES string of the molecule is Cc1cc2nc(-c3ccc4c(N5CCN(C)CC5)n[nH]c4c3)sc2c(-c2ccc(Cl)cc2)c1[C@H](OC(C)(C)C)C(=O)O. The van der Waals surface area contributed by atoms with Crippen LogP contribution in [-0.4, -0.2) is 70.0 Å². The number of nitrogens with one attached hydrogen (secondary N) is 1. The smallest absolute Gasteiger partial charge is 0.337 e. The summed E-state index contributed by atoms with van der Waals surface area (Å²) in [4.78, 5) is 22.3. The molecule has 1 fully saturated rings. The molecule has 0 spiro atoms. The van der Waals surface area contributed by atoms with Crippen molar-refractivity contribution in [1.82, 2.24) is 20.1 Å². The molecule has 1 aliphatic rings. The van der Waals surface area contributed by atoms with E-state index in [0.717, 1.165) is 80.4 Å². The summed E-state index contributed by atoms with van der Waals surface area (Å²) in [6, 6.07) is 15.8. The molecule has 42 heavy (non-hydrogen) atoms. The fraction of sp³-hybridized carbons (Fsp3) is 0.344. The molecule has 3 aromatic carbocycles. The Bertz CT molecular complexity index is 1780. The van der Waals surface area contributed by atoms with Crippen LogP contribution in [0.2, 0.25) is 5.02 Å². The van der Waals surface area contributed by atoms with Crippen molar-refractivity contribution in [2.45, 2.75) is 39.4 Å². The second kappa shape index (κ2) is 11.0. The number of carbonyl (C=O) groups is 1. The molecule has 0 aliphatic carbocycles. The van der Waals surface area contributed by atoms with Crippen molar-refractivity contribution in [1.29, 1.82) is 0 Å². The lowest BCUT2D eigenvalue weighted by Gasteiger charge is -2.32.